The molecule has 0 aliphatic carbocycles. The van der Waals surface area contributed by atoms with Crippen LogP contribution in [0.4, 0.5) is 0 Å². The van der Waals surface area contributed by atoms with Gasteiger partial charge >= 0.3 is 5.97 Å². The number of fused-ring (bicyclic) bond motifs is 1. The van der Waals surface area contributed by atoms with E-state index in [0.29, 0.717) is 28.9 Å². The Labute approximate surface area is 118 Å². The van der Waals surface area contributed by atoms with Crippen molar-refractivity contribution in [1.82, 2.24) is 9.97 Å². The maximum atomic E-state index is 10.9. The predicted octanol–water partition coefficient (Wildman–Crippen LogP) is 3.14. The number of ether oxygens (including phenoxy) is 1. The first-order valence-corrected chi connectivity index (χ1v) is 7.66. The van der Waals surface area contributed by atoms with Gasteiger partial charge in [-0.25, -0.2) is 9.97 Å². The average Bonchev–Trinajstić information content (AvgIpc) is 2.83. The Bertz CT molecular complexity index is 559. The maximum Gasteiger partial charge on any atom is 0.306 e. The number of thioether (sulfide) groups is 1. The van der Waals surface area contributed by atoms with E-state index in [2.05, 4.69) is 14.7 Å². The van der Waals surface area contributed by atoms with E-state index in [9.17, 15) is 4.79 Å². The van der Waals surface area contributed by atoms with Crippen molar-refractivity contribution in [3.63, 3.8) is 0 Å². The van der Waals surface area contributed by atoms with Gasteiger partial charge < -0.3 is 4.74 Å². The third-order valence-electron chi connectivity index (χ3n) is 2.23. The summed E-state index contributed by atoms with van der Waals surface area (Å²) in [6.45, 7) is 0. The molecule has 0 aliphatic heterocycles. The van der Waals surface area contributed by atoms with Gasteiger partial charge in [0.1, 0.15) is 15.8 Å². The molecule has 0 saturated carbocycles. The second kappa shape index (κ2) is 6.36. The SMILES string of the molecule is COC(=O)CCSCc1nc(Cl)c2ccsc2n1. The molecule has 0 radical (unpaired) electrons. The fourth-order valence-electron chi connectivity index (χ4n) is 1.35. The van der Waals surface area contributed by atoms with Crippen LogP contribution in [-0.4, -0.2) is 28.8 Å². The molecule has 7 heteroatoms. The first-order chi connectivity index (χ1) is 8.70. The van der Waals surface area contributed by atoms with Gasteiger partial charge in [-0.1, -0.05) is 11.6 Å². The summed E-state index contributed by atoms with van der Waals surface area (Å²) < 4.78 is 4.57. The van der Waals surface area contributed by atoms with Crippen LogP contribution in [0.15, 0.2) is 11.4 Å². The van der Waals surface area contributed by atoms with Crippen molar-refractivity contribution in [1.29, 1.82) is 0 Å². The Morgan fingerprint density at radius 1 is 1.56 bits per heavy atom. The number of methoxy groups -OCH3 is 1. The van der Waals surface area contributed by atoms with Gasteiger partial charge in [-0.2, -0.15) is 11.8 Å². The van der Waals surface area contributed by atoms with Crippen molar-refractivity contribution < 1.29 is 9.53 Å². The Morgan fingerprint density at radius 2 is 2.39 bits per heavy atom. The summed E-state index contributed by atoms with van der Waals surface area (Å²) in [5.41, 5.74) is 0. The van der Waals surface area contributed by atoms with E-state index >= 15 is 0 Å². The molecule has 96 valence electrons. The minimum Gasteiger partial charge on any atom is -0.469 e. The van der Waals surface area contributed by atoms with Gasteiger partial charge in [-0.3, -0.25) is 4.79 Å². The summed E-state index contributed by atoms with van der Waals surface area (Å²) in [4.78, 5) is 20.5. The van der Waals surface area contributed by atoms with Crippen LogP contribution in [0, 0.1) is 0 Å². The number of carbonyl (C=O) groups excluding carboxylic acids is 1. The van der Waals surface area contributed by atoms with Gasteiger partial charge in [-0.05, 0) is 11.4 Å². The maximum absolute atomic E-state index is 10.9. The Kier molecular flexibility index (Phi) is 4.79. The van der Waals surface area contributed by atoms with Crippen LogP contribution in [0.5, 0.6) is 0 Å². The zero-order valence-corrected chi connectivity index (χ0v) is 12.1. The Balaban J connectivity index is 1.93. The highest BCUT2D eigenvalue weighted by atomic mass is 35.5. The van der Waals surface area contributed by atoms with E-state index < -0.39 is 0 Å². The molecular formula is C11H11ClN2O2S2. The van der Waals surface area contributed by atoms with Crippen molar-refractivity contribution in [3.05, 3.63) is 22.4 Å². The summed E-state index contributed by atoms with van der Waals surface area (Å²) >= 11 is 9.20. The molecule has 18 heavy (non-hydrogen) atoms. The number of nitrogens with zero attached hydrogens (tertiary/aromatic N) is 2. The fourth-order valence-corrected chi connectivity index (χ4v) is 3.20. The van der Waals surface area contributed by atoms with E-state index in [1.807, 2.05) is 11.4 Å². The van der Waals surface area contributed by atoms with Crippen molar-refractivity contribution >= 4 is 50.9 Å². The summed E-state index contributed by atoms with van der Waals surface area (Å²) in [5, 5.41) is 3.33. The van der Waals surface area contributed by atoms with E-state index in [4.69, 9.17) is 11.6 Å². The number of hydrogen-bond acceptors (Lipinski definition) is 6. The largest absolute Gasteiger partial charge is 0.469 e. The van der Waals surface area contributed by atoms with Gasteiger partial charge in [0.15, 0.2) is 0 Å². The van der Waals surface area contributed by atoms with E-state index in [0.717, 1.165) is 10.2 Å². The minimum absolute atomic E-state index is 0.199. The number of aromatic nitrogens is 2. The molecule has 2 aromatic heterocycles. The van der Waals surface area contributed by atoms with Crippen LogP contribution in [0.2, 0.25) is 5.15 Å². The third-order valence-corrected chi connectivity index (χ3v) is 4.28. The number of rotatable bonds is 5. The predicted molar refractivity (Wildman–Crippen MR) is 75.2 cm³/mol. The summed E-state index contributed by atoms with van der Waals surface area (Å²) in [7, 11) is 1.39. The van der Waals surface area contributed by atoms with E-state index in [-0.39, 0.29) is 5.97 Å². The van der Waals surface area contributed by atoms with E-state index in [1.54, 1.807) is 23.1 Å². The summed E-state index contributed by atoms with van der Waals surface area (Å²) in [5.74, 6) is 1.83. The molecule has 0 aromatic carbocycles. The topological polar surface area (TPSA) is 52.1 Å². The number of hydrogen-bond donors (Lipinski definition) is 0. The molecule has 4 nitrogen and oxygen atoms in total. The van der Waals surface area contributed by atoms with Gasteiger partial charge in [-0.15, -0.1) is 11.3 Å². The normalized spacial score (nSPS) is 10.8. The van der Waals surface area contributed by atoms with Crippen LogP contribution in [0.1, 0.15) is 12.2 Å². The van der Waals surface area contributed by atoms with Crippen LogP contribution in [-0.2, 0) is 15.3 Å². The highest BCUT2D eigenvalue weighted by Gasteiger charge is 2.07. The Hall–Kier alpha value is -0.850. The lowest BCUT2D eigenvalue weighted by Crippen LogP contribution is -2.01. The molecule has 2 heterocycles. The molecule has 0 saturated heterocycles. The van der Waals surface area contributed by atoms with Crippen LogP contribution >= 0.6 is 34.7 Å². The lowest BCUT2D eigenvalue weighted by Gasteiger charge is -2.01. The smallest absolute Gasteiger partial charge is 0.306 e. The Morgan fingerprint density at radius 3 is 3.17 bits per heavy atom. The van der Waals surface area contributed by atoms with Crippen molar-refractivity contribution in [2.45, 2.75) is 12.2 Å². The zero-order chi connectivity index (χ0) is 13.0. The quantitative estimate of drug-likeness (QED) is 0.482. The molecule has 0 fully saturated rings. The lowest BCUT2D eigenvalue weighted by atomic mass is 10.4. The van der Waals surface area contributed by atoms with E-state index in [1.165, 1.54) is 7.11 Å². The van der Waals surface area contributed by atoms with Crippen LogP contribution in [0.25, 0.3) is 10.2 Å². The first-order valence-electron chi connectivity index (χ1n) is 5.25. The molecule has 0 atom stereocenters. The number of thiophene rings is 1. The molecule has 0 unspecified atom stereocenters. The summed E-state index contributed by atoms with van der Waals surface area (Å²) in [6.07, 6.45) is 0.399. The number of carbonyl (C=O) groups is 1. The second-order valence-corrected chi connectivity index (χ2v) is 5.81. The lowest BCUT2D eigenvalue weighted by molar-refractivity contribution is -0.140. The van der Waals surface area contributed by atoms with Gasteiger partial charge in [0.25, 0.3) is 0 Å². The molecule has 0 amide bonds. The van der Waals surface area contributed by atoms with Crippen LogP contribution in [0.3, 0.4) is 0 Å². The second-order valence-electron chi connectivity index (χ2n) is 3.45. The first kappa shape index (κ1) is 13.6. The molecule has 0 N–H and O–H groups in total. The zero-order valence-electron chi connectivity index (χ0n) is 9.68. The monoisotopic (exact) mass is 302 g/mol. The highest BCUT2D eigenvalue weighted by Crippen LogP contribution is 2.25. The average molecular weight is 303 g/mol. The number of halogens is 1. The van der Waals surface area contributed by atoms with Crippen molar-refractivity contribution in [2.75, 3.05) is 12.9 Å². The summed E-state index contributed by atoms with van der Waals surface area (Å²) in [6, 6.07) is 1.91. The number of esters is 1. The molecular weight excluding hydrogens is 292 g/mol. The van der Waals surface area contributed by atoms with Crippen LogP contribution < -0.4 is 0 Å². The van der Waals surface area contributed by atoms with Gasteiger partial charge in [0.05, 0.1) is 19.3 Å². The molecule has 0 aliphatic rings. The minimum atomic E-state index is -0.199. The molecule has 0 bridgehead atoms. The molecule has 2 aromatic rings. The standard InChI is InChI=1S/C11H11ClN2O2S2/c1-16-9(15)3-4-17-6-8-13-10(12)7-2-5-18-11(7)14-8/h2,5H,3-4,6H2,1H3. The van der Waals surface area contributed by atoms with Gasteiger partial charge in [0, 0.05) is 11.1 Å². The fraction of sp³-hybridized carbons (Fsp3) is 0.364. The molecule has 0 spiro atoms. The third kappa shape index (κ3) is 3.34. The molecule has 2 rings (SSSR count). The van der Waals surface area contributed by atoms with Crippen molar-refractivity contribution in [3.8, 4) is 0 Å². The highest BCUT2D eigenvalue weighted by molar-refractivity contribution is 7.98. The van der Waals surface area contributed by atoms with Crippen molar-refractivity contribution in [2.24, 2.45) is 0 Å². The van der Waals surface area contributed by atoms with Gasteiger partial charge in [0.2, 0.25) is 0 Å².